The molecule has 1 rings (SSSR count). The summed E-state index contributed by atoms with van der Waals surface area (Å²) >= 11 is 0. The summed E-state index contributed by atoms with van der Waals surface area (Å²) in [6.07, 6.45) is 3.26. The second-order valence-electron chi connectivity index (χ2n) is 2.49. The summed E-state index contributed by atoms with van der Waals surface area (Å²) in [5.74, 6) is -0.187. The predicted molar refractivity (Wildman–Crippen MR) is 47.2 cm³/mol. The molecular formula is C10H11FO. The lowest BCUT2D eigenvalue weighted by atomic mass is 10.1. The summed E-state index contributed by atoms with van der Waals surface area (Å²) in [5, 5.41) is 0. The highest BCUT2D eigenvalue weighted by molar-refractivity contribution is 5.52. The fourth-order valence-corrected chi connectivity index (χ4v) is 0.946. The molecule has 0 aliphatic carbocycles. The third kappa shape index (κ3) is 1.84. The van der Waals surface area contributed by atoms with Gasteiger partial charge in [-0.1, -0.05) is 12.1 Å². The molecule has 0 saturated heterocycles. The van der Waals surface area contributed by atoms with E-state index in [1.54, 1.807) is 26.2 Å². The molecule has 0 fully saturated rings. The normalized spacial score (nSPS) is 10.6. The minimum atomic E-state index is -0.187. The Morgan fingerprint density at radius 1 is 1.42 bits per heavy atom. The average molecular weight is 166 g/mol. The quantitative estimate of drug-likeness (QED) is 0.614. The van der Waals surface area contributed by atoms with Crippen molar-refractivity contribution in [2.75, 3.05) is 7.11 Å². The van der Waals surface area contributed by atoms with Crippen molar-refractivity contribution in [3.8, 4) is 0 Å². The first kappa shape index (κ1) is 8.78. The van der Waals surface area contributed by atoms with Gasteiger partial charge in [0, 0.05) is 0 Å². The van der Waals surface area contributed by atoms with E-state index < -0.39 is 0 Å². The summed E-state index contributed by atoms with van der Waals surface area (Å²) < 4.78 is 17.7. The second-order valence-corrected chi connectivity index (χ2v) is 2.49. The Hall–Kier alpha value is -1.31. The lowest BCUT2D eigenvalue weighted by Crippen LogP contribution is -1.85. The van der Waals surface area contributed by atoms with Gasteiger partial charge in [0.1, 0.15) is 5.82 Å². The Balaban J connectivity index is 3.00. The Bertz CT molecular complexity index is 292. The Labute approximate surface area is 71.5 Å². The van der Waals surface area contributed by atoms with Crippen LogP contribution in [0.15, 0.2) is 24.5 Å². The second kappa shape index (κ2) is 3.90. The van der Waals surface area contributed by atoms with Gasteiger partial charge in [-0.3, -0.25) is 0 Å². The molecular weight excluding hydrogens is 155 g/mol. The van der Waals surface area contributed by atoms with E-state index in [1.807, 2.05) is 6.07 Å². The molecule has 64 valence electrons. The van der Waals surface area contributed by atoms with Crippen LogP contribution in [-0.2, 0) is 4.74 Å². The van der Waals surface area contributed by atoms with Gasteiger partial charge in [0.05, 0.1) is 13.4 Å². The molecule has 0 atom stereocenters. The first-order valence-corrected chi connectivity index (χ1v) is 3.70. The van der Waals surface area contributed by atoms with E-state index in [1.165, 1.54) is 12.3 Å². The first-order valence-electron chi connectivity index (χ1n) is 3.70. The van der Waals surface area contributed by atoms with Crippen molar-refractivity contribution in [1.29, 1.82) is 0 Å². The lowest BCUT2D eigenvalue weighted by molar-refractivity contribution is 0.341. The van der Waals surface area contributed by atoms with E-state index in [2.05, 4.69) is 0 Å². The van der Waals surface area contributed by atoms with E-state index in [-0.39, 0.29) is 5.82 Å². The van der Waals surface area contributed by atoms with Crippen molar-refractivity contribution in [1.82, 2.24) is 0 Å². The van der Waals surface area contributed by atoms with Crippen LogP contribution in [0.1, 0.15) is 11.1 Å². The topological polar surface area (TPSA) is 9.23 Å². The maximum absolute atomic E-state index is 12.9. The largest absolute Gasteiger partial charge is 0.504 e. The zero-order valence-electron chi connectivity index (χ0n) is 7.17. The molecule has 0 unspecified atom stereocenters. The van der Waals surface area contributed by atoms with E-state index in [4.69, 9.17) is 4.74 Å². The van der Waals surface area contributed by atoms with E-state index in [0.29, 0.717) is 5.56 Å². The van der Waals surface area contributed by atoms with Crippen LogP contribution in [0.5, 0.6) is 0 Å². The van der Waals surface area contributed by atoms with Crippen molar-refractivity contribution in [2.24, 2.45) is 0 Å². The molecule has 0 saturated carbocycles. The van der Waals surface area contributed by atoms with Crippen LogP contribution in [-0.4, -0.2) is 7.11 Å². The zero-order chi connectivity index (χ0) is 8.97. The van der Waals surface area contributed by atoms with Crippen LogP contribution in [0.25, 0.3) is 6.08 Å². The summed E-state index contributed by atoms with van der Waals surface area (Å²) in [4.78, 5) is 0. The van der Waals surface area contributed by atoms with Crippen LogP contribution in [0.3, 0.4) is 0 Å². The maximum atomic E-state index is 12.9. The number of benzene rings is 1. The molecule has 1 aromatic carbocycles. The standard InChI is InChI=1S/C10H11FO/c1-8-9(6-7-12-2)4-3-5-10(8)11/h3-7H,1-2H3/b7-6+. The molecule has 2 heteroatoms. The van der Waals surface area contributed by atoms with Gasteiger partial charge in [-0.15, -0.1) is 0 Å². The zero-order valence-corrected chi connectivity index (χ0v) is 7.17. The van der Waals surface area contributed by atoms with Gasteiger partial charge in [0.15, 0.2) is 0 Å². The van der Waals surface area contributed by atoms with Crippen LogP contribution >= 0.6 is 0 Å². The number of halogens is 1. The molecule has 0 heterocycles. The lowest BCUT2D eigenvalue weighted by Gasteiger charge is -2.00. The van der Waals surface area contributed by atoms with Crippen LogP contribution in [0.4, 0.5) is 4.39 Å². The monoisotopic (exact) mass is 166 g/mol. The summed E-state index contributed by atoms with van der Waals surface area (Å²) in [6, 6.07) is 4.96. The Kier molecular flexibility index (Phi) is 2.86. The van der Waals surface area contributed by atoms with Gasteiger partial charge < -0.3 is 4.74 Å². The van der Waals surface area contributed by atoms with Crippen LogP contribution in [0.2, 0.25) is 0 Å². The number of methoxy groups -OCH3 is 1. The molecule has 0 spiro atoms. The van der Waals surface area contributed by atoms with E-state index in [9.17, 15) is 4.39 Å². The van der Waals surface area contributed by atoms with Gasteiger partial charge in [0.25, 0.3) is 0 Å². The number of hydrogen-bond donors (Lipinski definition) is 0. The Morgan fingerprint density at radius 2 is 2.17 bits per heavy atom. The summed E-state index contributed by atoms with van der Waals surface area (Å²) in [6.45, 7) is 1.74. The van der Waals surface area contributed by atoms with Crippen molar-refractivity contribution in [2.45, 2.75) is 6.92 Å². The van der Waals surface area contributed by atoms with Crippen molar-refractivity contribution >= 4 is 6.08 Å². The first-order chi connectivity index (χ1) is 5.75. The molecule has 1 aromatic rings. The predicted octanol–water partition coefficient (Wildman–Crippen LogP) is 2.75. The fraction of sp³-hybridized carbons (Fsp3) is 0.200. The molecule has 12 heavy (non-hydrogen) atoms. The van der Waals surface area contributed by atoms with Gasteiger partial charge in [0.2, 0.25) is 0 Å². The third-order valence-corrected chi connectivity index (χ3v) is 1.69. The van der Waals surface area contributed by atoms with Crippen molar-refractivity contribution in [3.63, 3.8) is 0 Å². The molecule has 0 aromatic heterocycles. The van der Waals surface area contributed by atoms with Crippen molar-refractivity contribution in [3.05, 3.63) is 41.4 Å². The minimum Gasteiger partial charge on any atom is -0.504 e. The Morgan fingerprint density at radius 3 is 2.83 bits per heavy atom. The molecule has 0 amide bonds. The third-order valence-electron chi connectivity index (χ3n) is 1.69. The smallest absolute Gasteiger partial charge is 0.126 e. The summed E-state index contributed by atoms with van der Waals surface area (Å²) in [5.41, 5.74) is 1.49. The van der Waals surface area contributed by atoms with Crippen LogP contribution in [0, 0.1) is 12.7 Å². The van der Waals surface area contributed by atoms with Gasteiger partial charge in [-0.25, -0.2) is 4.39 Å². The van der Waals surface area contributed by atoms with Crippen LogP contribution < -0.4 is 0 Å². The number of hydrogen-bond acceptors (Lipinski definition) is 1. The molecule has 0 aliphatic heterocycles. The highest BCUT2D eigenvalue weighted by atomic mass is 19.1. The number of rotatable bonds is 2. The fourth-order valence-electron chi connectivity index (χ4n) is 0.946. The van der Waals surface area contributed by atoms with Gasteiger partial charge >= 0.3 is 0 Å². The molecule has 0 N–H and O–H groups in total. The van der Waals surface area contributed by atoms with Gasteiger partial charge in [-0.2, -0.15) is 0 Å². The molecule has 1 nitrogen and oxygen atoms in total. The maximum Gasteiger partial charge on any atom is 0.126 e. The van der Waals surface area contributed by atoms with Gasteiger partial charge in [-0.05, 0) is 30.2 Å². The number of ether oxygens (including phenoxy) is 1. The molecule has 0 radical (unpaired) electrons. The molecule has 0 aliphatic rings. The van der Waals surface area contributed by atoms with Crippen molar-refractivity contribution < 1.29 is 9.13 Å². The van der Waals surface area contributed by atoms with E-state index >= 15 is 0 Å². The highest BCUT2D eigenvalue weighted by Crippen LogP contribution is 2.13. The SMILES string of the molecule is CO/C=C/c1cccc(F)c1C. The molecule has 0 bridgehead atoms. The minimum absolute atomic E-state index is 0.187. The van der Waals surface area contributed by atoms with E-state index in [0.717, 1.165) is 5.56 Å². The summed E-state index contributed by atoms with van der Waals surface area (Å²) in [7, 11) is 1.56. The average Bonchev–Trinajstić information content (AvgIpc) is 2.08. The highest BCUT2D eigenvalue weighted by Gasteiger charge is 1.98.